The van der Waals surface area contributed by atoms with E-state index in [4.69, 9.17) is 0 Å². The lowest BCUT2D eigenvalue weighted by atomic mass is 10.1. The maximum atomic E-state index is 12.0. The molecule has 0 fully saturated rings. The van der Waals surface area contributed by atoms with Crippen molar-refractivity contribution < 1.29 is 32.4 Å². The van der Waals surface area contributed by atoms with E-state index in [1.807, 2.05) is 0 Å². The van der Waals surface area contributed by atoms with Gasteiger partial charge in [0.15, 0.2) is 5.78 Å². The lowest BCUT2D eigenvalue weighted by molar-refractivity contribution is -0.385. The van der Waals surface area contributed by atoms with E-state index in [-0.39, 0.29) is 5.56 Å². The number of nitrogens with zero attached hydrogens (tertiary/aromatic N) is 1. The average Bonchev–Trinajstić information content (AvgIpc) is 2.27. The molecule has 0 radical (unpaired) electrons. The minimum Gasteiger partial charge on any atom is -0.412 e. The van der Waals surface area contributed by atoms with E-state index < -0.39 is 34.3 Å². The van der Waals surface area contributed by atoms with Gasteiger partial charge in [-0.25, -0.2) is 4.79 Å². The standard InChI is InChI=1S/C10H6F3NO5/c1-5(15)6-2-3-8(7(4-6)14(17)18)19-9(16)10(11,12)13/h2-4H,1H3. The lowest BCUT2D eigenvalue weighted by Gasteiger charge is -2.07. The smallest absolute Gasteiger partial charge is 0.412 e. The zero-order chi connectivity index (χ0) is 14.8. The molecule has 1 aromatic carbocycles. The molecular formula is C10H6F3NO5. The Bertz CT molecular complexity index is 553. The Labute approximate surface area is 103 Å². The molecule has 0 bridgehead atoms. The van der Waals surface area contributed by atoms with Crippen molar-refractivity contribution in [3.05, 3.63) is 33.9 Å². The number of Topliss-reactive ketones (excluding diaryl/α,β-unsaturated/α-hetero) is 1. The lowest BCUT2D eigenvalue weighted by Crippen LogP contribution is -2.28. The molecule has 0 saturated carbocycles. The second-order valence-electron chi connectivity index (χ2n) is 3.38. The molecule has 9 heteroatoms. The Balaban J connectivity index is 3.18. The van der Waals surface area contributed by atoms with Gasteiger partial charge in [-0.2, -0.15) is 13.2 Å². The van der Waals surface area contributed by atoms with Gasteiger partial charge in [0.1, 0.15) is 0 Å². The molecule has 0 unspecified atom stereocenters. The molecule has 1 rings (SSSR count). The third-order valence-electron chi connectivity index (χ3n) is 2.00. The fourth-order valence-electron chi connectivity index (χ4n) is 1.12. The second kappa shape index (κ2) is 5.04. The molecule has 102 valence electrons. The average molecular weight is 277 g/mol. The topological polar surface area (TPSA) is 86.5 Å². The predicted octanol–water partition coefficient (Wildman–Crippen LogP) is 2.27. The van der Waals surface area contributed by atoms with E-state index in [0.29, 0.717) is 0 Å². The number of halogens is 3. The highest BCUT2D eigenvalue weighted by Crippen LogP contribution is 2.30. The number of carbonyl (C=O) groups excluding carboxylic acids is 2. The largest absolute Gasteiger partial charge is 0.491 e. The first kappa shape index (κ1) is 14.6. The summed E-state index contributed by atoms with van der Waals surface area (Å²) >= 11 is 0. The van der Waals surface area contributed by atoms with Crippen LogP contribution in [0.3, 0.4) is 0 Å². The maximum absolute atomic E-state index is 12.0. The van der Waals surface area contributed by atoms with Crippen molar-refractivity contribution in [1.29, 1.82) is 0 Å². The van der Waals surface area contributed by atoms with E-state index >= 15 is 0 Å². The van der Waals surface area contributed by atoms with E-state index in [1.54, 1.807) is 0 Å². The maximum Gasteiger partial charge on any atom is 0.491 e. The first-order valence-corrected chi connectivity index (χ1v) is 4.71. The van der Waals surface area contributed by atoms with Gasteiger partial charge in [-0.1, -0.05) is 0 Å². The summed E-state index contributed by atoms with van der Waals surface area (Å²) in [7, 11) is 0. The highest BCUT2D eigenvalue weighted by molar-refractivity contribution is 5.95. The van der Waals surface area contributed by atoms with Crippen LogP contribution in [0.1, 0.15) is 17.3 Å². The number of esters is 1. The summed E-state index contributed by atoms with van der Waals surface area (Å²) in [5.74, 6) is -3.97. The number of ketones is 1. The summed E-state index contributed by atoms with van der Waals surface area (Å²) < 4.78 is 39.8. The summed E-state index contributed by atoms with van der Waals surface area (Å²) in [6, 6.07) is 2.52. The van der Waals surface area contributed by atoms with Crippen LogP contribution < -0.4 is 4.74 Å². The Morgan fingerprint density at radius 3 is 2.32 bits per heavy atom. The van der Waals surface area contributed by atoms with Crippen LogP contribution in [-0.4, -0.2) is 22.9 Å². The Kier molecular flexibility index (Phi) is 3.88. The summed E-state index contributed by atoms with van der Waals surface area (Å²) in [6.45, 7) is 1.13. The molecule has 0 aliphatic heterocycles. The number of nitro benzene ring substituents is 1. The number of carbonyl (C=O) groups is 2. The molecule has 0 aromatic heterocycles. The third-order valence-corrected chi connectivity index (χ3v) is 2.00. The van der Waals surface area contributed by atoms with Gasteiger partial charge in [-0.3, -0.25) is 14.9 Å². The van der Waals surface area contributed by atoms with E-state index in [9.17, 15) is 32.9 Å². The molecular weight excluding hydrogens is 271 g/mol. The fraction of sp³-hybridized carbons (Fsp3) is 0.200. The van der Waals surface area contributed by atoms with Crippen LogP contribution in [0.5, 0.6) is 5.75 Å². The second-order valence-corrected chi connectivity index (χ2v) is 3.38. The van der Waals surface area contributed by atoms with Crippen LogP contribution in [0.25, 0.3) is 0 Å². The van der Waals surface area contributed by atoms with Gasteiger partial charge in [0.2, 0.25) is 5.75 Å². The highest BCUT2D eigenvalue weighted by Gasteiger charge is 2.42. The van der Waals surface area contributed by atoms with E-state index in [1.165, 1.54) is 0 Å². The first-order chi connectivity index (χ1) is 8.62. The molecule has 1 aromatic rings. The number of hydrogen-bond acceptors (Lipinski definition) is 5. The van der Waals surface area contributed by atoms with Crippen LogP contribution in [0.2, 0.25) is 0 Å². The van der Waals surface area contributed by atoms with Crippen molar-refractivity contribution in [3.63, 3.8) is 0 Å². The van der Waals surface area contributed by atoms with Gasteiger partial charge in [-0.15, -0.1) is 0 Å². The van der Waals surface area contributed by atoms with Crippen molar-refractivity contribution >= 4 is 17.4 Å². The van der Waals surface area contributed by atoms with Gasteiger partial charge >= 0.3 is 17.8 Å². The monoisotopic (exact) mass is 277 g/mol. The van der Waals surface area contributed by atoms with Crippen LogP contribution in [-0.2, 0) is 4.79 Å². The molecule has 0 saturated heterocycles. The van der Waals surface area contributed by atoms with Crippen molar-refractivity contribution in [3.8, 4) is 5.75 Å². The summed E-state index contributed by atoms with van der Waals surface area (Å²) in [5, 5.41) is 10.6. The van der Waals surface area contributed by atoms with Crippen molar-refractivity contribution in [2.45, 2.75) is 13.1 Å². The summed E-state index contributed by atoms with van der Waals surface area (Å²) in [6.07, 6.45) is -5.27. The quantitative estimate of drug-likeness (QED) is 0.278. The van der Waals surface area contributed by atoms with Crippen molar-refractivity contribution in [2.75, 3.05) is 0 Å². The van der Waals surface area contributed by atoms with Crippen molar-refractivity contribution in [2.24, 2.45) is 0 Å². The molecule has 6 nitrogen and oxygen atoms in total. The molecule has 0 heterocycles. The van der Waals surface area contributed by atoms with Gasteiger partial charge in [0, 0.05) is 11.6 Å². The molecule has 0 aliphatic carbocycles. The van der Waals surface area contributed by atoms with Crippen LogP contribution in [0.15, 0.2) is 18.2 Å². The zero-order valence-corrected chi connectivity index (χ0v) is 9.35. The molecule has 0 N–H and O–H groups in total. The molecule has 0 atom stereocenters. The number of hydrogen-bond donors (Lipinski definition) is 0. The number of nitro groups is 1. The number of ether oxygens (including phenoxy) is 1. The van der Waals surface area contributed by atoms with E-state index in [0.717, 1.165) is 25.1 Å². The molecule has 0 spiro atoms. The Hall–Kier alpha value is -2.45. The summed E-state index contributed by atoms with van der Waals surface area (Å²) in [4.78, 5) is 31.2. The predicted molar refractivity (Wildman–Crippen MR) is 54.8 cm³/mol. The number of benzene rings is 1. The third kappa shape index (κ3) is 3.50. The Morgan fingerprint density at radius 2 is 1.89 bits per heavy atom. The highest BCUT2D eigenvalue weighted by atomic mass is 19.4. The Morgan fingerprint density at radius 1 is 1.32 bits per heavy atom. The molecule has 0 aliphatic rings. The summed E-state index contributed by atoms with van der Waals surface area (Å²) in [5.41, 5.74) is -0.983. The number of alkyl halides is 3. The van der Waals surface area contributed by atoms with Crippen LogP contribution in [0, 0.1) is 10.1 Å². The van der Waals surface area contributed by atoms with E-state index in [2.05, 4.69) is 4.74 Å². The van der Waals surface area contributed by atoms with Crippen LogP contribution in [0.4, 0.5) is 18.9 Å². The normalized spacial score (nSPS) is 10.9. The number of rotatable bonds is 3. The fourth-order valence-corrected chi connectivity index (χ4v) is 1.12. The van der Waals surface area contributed by atoms with Crippen molar-refractivity contribution in [1.82, 2.24) is 0 Å². The van der Waals surface area contributed by atoms with Gasteiger partial charge in [0.25, 0.3) is 0 Å². The van der Waals surface area contributed by atoms with Gasteiger partial charge in [0.05, 0.1) is 4.92 Å². The van der Waals surface area contributed by atoms with Gasteiger partial charge in [-0.05, 0) is 19.1 Å². The molecule has 0 amide bonds. The zero-order valence-electron chi connectivity index (χ0n) is 9.35. The first-order valence-electron chi connectivity index (χ1n) is 4.71. The SMILES string of the molecule is CC(=O)c1ccc(OC(=O)C(F)(F)F)c([N+](=O)[O-])c1. The minimum absolute atomic E-state index is 0.0847. The molecule has 19 heavy (non-hydrogen) atoms. The van der Waals surface area contributed by atoms with Gasteiger partial charge < -0.3 is 4.74 Å². The van der Waals surface area contributed by atoms with Crippen LogP contribution >= 0.6 is 0 Å². The minimum atomic E-state index is -5.27.